The molecule has 0 unspecified atom stereocenters. The molecule has 3 heterocycles. The third-order valence-corrected chi connectivity index (χ3v) is 7.08. The molecule has 1 N–H and O–H groups in total. The zero-order chi connectivity index (χ0) is 27.9. The SMILES string of the molecule is Cc1nc(-c2cccc(-c3ccnn3C)c2)c(C)c(-c2ccc3c(c2)CCCO3)c1[C@H](OC(C)(C)C)C(=O)O. The molecule has 0 aliphatic carbocycles. The first kappa shape index (κ1) is 26.6. The number of rotatable bonds is 6. The lowest BCUT2D eigenvalue weighted by Crippen LogP contribution is -2.28. The van der Waals surface area contributed by atoms with Crippen LogP contribution in [0.1, 0.15) is 55.7 Å². The van der Waals surface area contributed by atoms with E-state index in [9.17, 15) is 9.90 Å². The van der Waals surface area contributed by atoms with E-state index in [1.807, 2.05) is 76.7 Å². The zero-order valence-corrected chi connectivity index (χ0v) is 23.4. The molecule has 1 aliphatic heterocycles. The van der Waals surface area contributed by atoms with Crippen LogP contribution in [0.15, 0.2) is 54.7 Å². The minimum atomic E-state index is -1.17. The van der Waals surface area contributed by atoms with Crippen molar-refractivity contribution >= 4 is 5.97 Å². The largest absolute Gasteiger partial charge is 0.493 e. The van der Waals surface area contributed by atoms with Crippen molar-refractivity contribution in [2.24, 2.45) is 7.05 Å². The van der Waals surface area contributed by atoms with Gasteiger partial charge in [-0.3, -0.25) is 9.67 Å². The summed E-state index contributed by atoms with van der Waals surface area (Å²) in [6.45, 7) is 10.2. The van der Waals surface area contributed by atoms with Crippen LogP contribution >= 0.6 is 0 Å². The maximum absolute atomic E-state index is 12.6. The molecular weight excluding hydrogens is 490 g/mol. The Kier molecular flexibility index (Phi) is 7.03. The molecule has 202 valence electrons. The number of aromatic nitrogens is 3. The number of pyridine rings is 1. The standard InChI is InChI=1S/C32H35N3O4/c1-19-27(23-12-13-26-22(18-23)11-8-16-38-26)28(30(31(36)37)39-32(3,4)5)20(2)34-29(19)24-10-7-9-21(17-24)25-14-15-33-35(25)6/h7,9-10,12-15,17-18,30H,8,11,16H2,1-6H3,(H,36,37)/t30-/m0/s1. The van der Waals surface area contributed by atoms with Crippen molar-refractivity contribution in [3.8, 4) is 39.4 Å². The number of aliphatic carboxylic acids is 1. The van der Waals surface area contributed by atoms with Gasteiger partial charge in [0.05, 0.1) is 23.6 Å². The Labute approximate surface area is 229 Å². The van der Waals surface area contributed by atoms with Crippen molar-refractivity contribution in [3.05, 3.63) is 77.1 Å². The minimum absolute atomic E-state index is 0.582. The quantitative estimate of drug-likeness (QED) is 0.301. The summed E-state index contributed by atoms with van der Waals surface area (Å²) in [4.78, 5) is 17.6. The lowest BCUT2D eigenvalue weighted by molar-refractivity contribution is -0.160. The van der Waals surface area contributed by atoms with Crippen LogP contribution in [0.3, 0.4) is 0 Å². The molecule has 0 amide bonds. The number of carboxylic acid groups (broad SMARTS) is 1. The summed E-state index contributed by atoms with van der Waals surface area (Å²) in [5.74, 6) is -0.150. The summed E-state index contributed by atoms with van der Waals surface area (Å²) in [5, 5.41) is 14.7. The van der Waals surface area contributed by atoms with Gasteiger partial charge in [-0.1, -0.05) is 24.3 Å². The van der Waals surface area contributed by atoms with E-state index in [1.165, 1.54) is 0 Å². The van der Waals surface area contributed by atoms with Gasteiger partial charge in [0.25, 0.3) is 0 Å². The van der Waals surface area contributed by atoms with Crippen LogP contribution in [0.25, 0.3) is 33.6 Å². The fraction of sp³-hybridized carbons (Fsp3) is 0.344. The molecule has 4 aromatic rings. The van der Waals surface area contributed by atoms with Crippen LogP contribution in [-0.2, 0) is 23.0 Å². The van der Waals surface area contributed by atoms with E-state index in [0.717, 1.165) is 63.4 Å². The average molecular weight is 526 g/mol. The van der Waals surface area contributed by atoms with Gasteiger partial charge >= 0.3 is 5.97 Å². The number of carbonyl (C=O) groups is 1. The molecule has 0 saturated heterocycles. The van der Waals surface area contributed by atoms with Gasteiger partial charge in [-0.2, -0.15) is 5.10 Å². The maximum Gasteiger partial charge on any atom is 0.337 e. The van der Waals surface area contributed by atoms with E-state index in [-0.39, 0.29) is 0 Å². The number of hydrogen-bond acceptors (Lipinski definition) is 5. The lowest BCUT2D eigenvalue weighted by atomic mass is 9.87. The van der Waals surface area contributed by atoms with Crippen molar-refractivity contribution in [3.63, 3.8) is 0 Å². The fourth-order valence-corrected chi connectivity index (χ4v) is 5.37. The molecule has 7 heteroatoms. The molecule has 0 radical (unpaired) electrons. The van der Waals surface area contributed by atoms with Crippen LogP contribution in [0.5, 0.6) is 5.75 Å². The van der Waals surface area contributed by atoms with Crippen molar-refractivity contribution in [2.45, 2.75) is 59.2 Å². The van der Waals surface area contributed by atoms with Crippen molar-refractivity contribution in [2.75, 3.05) is 6.61 Å². The van der Waals surface area contributed by atoms with Crippen LogP contribution in [-0.4, -0.2) is 38.0 Å². The molecule has 0 bridgehead atoms. The molecule has 1 atom stereocenters. The number of benzene rings is 2. The number of nitrogens with zero attached hydrogens (tertiary/aromatic N) is 3. The first-order valence-corrected chi connectivity index (χ1v) is 13.3. The predicted molar refractivity (Wildman–Crippen MR) is 152 cm³/mol. The van der Waals surface area contributed by atoms with E-state index in [4.69, 9.17) is 14.5 Å². The maximum atomic E-state index is 12.6. The van der Waals surface area contributed by atoms with Crippen molar-refractivity contribution in [1.29, 1.82) is 0 Å². The zero-order valence-electron chi connectivity index (χ0n) is 23.4. The van der Waals surface area contributed by atoms with E-state index >= 15 is 0 Å². The van der Waals surface area contributed by atoms with Gasteiger partial charge in [0.15, 0.2) is 6.10 Å². The average Bonchev–Trinajstić information content (AvgIpc) is 3.33. The molecule has 2 aromatic heterocycles. The Morgan fingerprint density at radius 3 is 2.54 bits per heavy atom. The van der Waals surface area contributed by atoms with Gasteiger partial charge in [0.1, 0.15) is 5.75 Å². The number of fused-ring (bicyclic) bond motifs is 1. The first-order chi connectivity index (χ1) is 18.5. The molecule has 7 nitrogen and oxygen atoms in total. The van der Waals surface area contributed by atoms with Crippen LogP contribution in [0, 0.1) is 13.8 Å². The van der Waals surface area contributed by atoms with Gasteiger partial charge in [-0.05, 0) is 94.0 Å². The molecule has 0 spiro atoms. The smallest absolute Gasteiger partial charge is 0.337 e. The predicted octanol–water partition coefficient (Wildman–Crippen LogP) is 6.70. The molecule has 0 fully saturated rings. The third kappa shape index (κ3) is 5.32. The number of carboxylic acids is 1. The number of ether oxygens (including phenoxy) is 2. The Morgan fingerprint density at radius 2 is 1.85 bits per heavy atom. The highest BCUT2D eigenvalue weighted by molar-refractivity contribution is 5.86. The monoisotopic (exact) mass is 525 g/mol. The summed E-state index contributed by atoms with van der Waals surface area (Å²) in [7, 11) is 1.92. The van der Waals surface area contributed by atoms with E-state index in [1.54, 1.807) is 6.20 Å². The van der Waals surface area contributed by atoms with Gasteiger partial charge < -0.3 is 14.6 Å². The summed E-state index contributed by atoms with van der Waals surface area (Å²) >= 11 is 0. The molecule has 1 aliphatic rings. The second kappa shape index (κ2) is 10.3. The molecule has 39 heavy (non-hydrogen) atoms. The second-order valence-electron chi connectivity index (χ2n) is 11.1. The summed E-state index contributed by atoms with van der Waals surface area (Å²) in [5.41, 5.74) is 8.14. The first-order valence-electron chi connectivity index (χ1n) is 13.3. The Bertz CT molecular complexity index is 1550. The molecule has 2 aromatic carbocycles. The molecular formula is C32H35N3O4. The van der Waals surface area contributed by atoms with Crippen LogP contribution in [0.4, 0.5) is 0 Å². The van der Waals surface area contributed by atoms with Gasteiger partial charge in [0, 0.05) is 35.6 Å². The normalized spacial score (nSPS) is 14.0. The summed E-state index contributed by atoms with van der Waals surface area (Å²) < 4.78 is 13.9. The van der Waals surface area contributed by atoms with Gasteiger partial charge in [0.2, 0.25) is 0 Å². The fourth-order valence-electron chi connectivity index (χ4n) is 5.37. The number of hydrogen-bond donors (Lipinski definition) is 1. The van der Waals surface area contributed by atoms with E-state index < -0.39 is 17.7 Å². The van der Waals surface area contributed by atoms with Gasteiger partial charge in [-0.15, -0.1) is 0 Å². The van der Waals surface area contributed by atoms with E-state index in [2.05, 4.69) is 23.3 Å². The Morgan fingerprint density at radius 1 is 1.08 bits per heavy atom. The minimum Gasteiger partial charge on any atom is -0.493 e. The Balaban J connectivity index is 1.75. The van der Waals surface area contributed by atoms with E-state index in [0.29, 0.717) is 17.9 Å². The van der Waals surface area contributed by atoms with Crippen molar-refractivity contribution < 1.29 is 19.4 Å². The highest BCUT2D eigenvalue weighted by Crippen LogP contribution is 2.42. The molecule has 5 rings (SSSR count). The van der Waals surface area contributed by atoms with Crippen LogP contribution in [0.2, 0.25) is 0 Å². The number of aryl methyl sites for hydroxylation is 3. The highest BCUT2D eigenvalue weighted by Gasteiger charge is 2.33. The summed E-state index contributed by atoms with van der Waals surface area (Å²) in [6, 6.07) is 16.3. The highest BCUT2D eigenvalue weighted by atomic mass is 16.5. The lowest BCUT2D eigenvalue weighted by Gasteiger charge is -2.29. The van der Waals surface area contributed by atoms with Crippen LogP contribution < -0.4 is 4.74 Å². The second-order valence-corrected chi connectivity index (χ2v) is 11.1. The summed E-state index contributed by atoms with van der Waals surface area (Å²) in [6.07, 6.45) is 2.48. The molecule has 0 saturated carbocycles. The Hall–Kier alpha value is -3.97. The van der Waals surface area contributed by atoms with Crippen molar-refractivity contribution in [1.82, 2.24) is 14.8 Å². The van der Waals surface area contributed by atoms with Gasteiger partial charge in [-0.25, -0.2) is 4.79 Å². The topological polar surface area (TPSA) is 86.5 Å². The third-order valence-electron chi connectivity index (χ3n) is 7.08.